The maximum absolute atomic E-state index is 13.9. The van der Waals surface area contributed by atoms with Crippen molar-refractivity contribution in [2.24, 2.45) is 11.3 Å². The van der Waals surface area contributed by atoms with Crippen molar-refractivity contribution >= 4 is 33.5 Å². The number of sulfonamides is 1. The van der Waals surface area contributed by atoms with Crippen LogP contribution < -0.4 is 0 Å². The number of nitrogens with zero attached hydrogens (tertiary/aromatic N) is 2. The lowest BCUT2D eigenvalue weighted by Crippen LogP contribution is -2.58. The van der Waals surface area contributed by atoms with Crippen molar-refractivity contribution in [3.8, 4) is 0 Å². The number of hydrogen-bond donors (Lipinski definition) is 1. The first-order valence-electron chi connectivity index (χ1n) is 11.1. The minimum Gasteiger partial charge on any atom is -0.481 e. The molecule has 32 heavy (non-hydrogen) atoms. The van der Waals surface area contributed by atoms with Crippen LogP contribution in [0.3, 0.4) is 0 Å². The fourth-order valence-corrected chi connectivity index (χ4v) is 6.51. The Balaban J connectivity index is 2.05. The molecule has 0 spiro atoms. The molecule has 1 aromatic rings. The highest BCUT2D eigenvalue weighted by Gasteiger charge is 2.51. The van der Waals surface area contributed by atoms with Gasteiger partial charge in [0.1, 0.15) is 0 Å². The Labute approximate surface area is 195 Å². The molecule has 7 nitrogen and oxygen atoms in total. The Kier molecular flexibility index (Phi) is 7.27. The van der Waals surface area contributed by atoms with Crippen LogP contribution in [-0.4, -0.2) is 59.5 Å². The highest BCUT2D eigenvalue weighted by molar-refractivity contribution is 7.88. The van der Waals surface area contributed by atoms with E-state index in [2.05, 4.69) is 0 Å². The number of carbonyl (C=O) groups excluding carboxylic acids is 1. The van der Waals surface area contributed by atoms with Crippen LogP contribution in [0.4, 0.5) is 0 Å². The Morgan fingerprint density at radius 1 is 1.31 bits per heavy atom. The lowest BCUT2D eigenvalue weighted by molar-refractivity contribution is -0.162. The van der Waals surface area contributed by atoms with Gasteiger partial charge >= 0.3 is 5.97 Å². The first-order chi connectivity index (χ1) is 14.9. The first-order valence-corrected chi connectivity index (χ1v) is 13.4. The highest BCUT2D eigenvalue weighted by atomic mass is 35.5. The Morgan fingerprint density at radius 3 is 2.38 bits per heavy atom. The number of piperidine rings is 1. The molecule has 1 aliphatic heterocycles. The second kappa shape index (κ2) is 9.31. The minimum atomic E-state index is -3.43. The zero-order valence-electron chi connectivity index (χ0n) is 19.1. The first kappa shape index (κ1) is 25.0. The number of carboxylic acids is 1. The van der Waals surface area contributed by atoms with E-state index in [1.807, 2.05) is 26.0 Å². The zero-order valence-corrected chi connectivity index (χ0v) is 20.7. The predicted octanol–water partition coefficient (Wildman–Crippen LogP) is 3.93. The summed E-state index contributed by atoms with van der Waals surface area (Å²) >= 11 is 6.09. The molecule has 0 aromatic heterocycles. The molecule has 2 aliphatic rings. The van der Waals surface area contributed by atoms with Crippen LogP contribution in [0.5, 0.6) is 0 Å². The van der Waals surface area contributed by atoms with E-state index >= 15 is 0 Å². The molecule has 1 heterocycles. The Hall–Kier alpha value is -1.64. The molecule has 0 bridgehead atoms. The summed E-state index contributed by atoms with van der Waals surface area (Å²) in [7, 11) is -3.43. The number of carbonyl (C=O) groups is 2. The molecule has 1 amide bonds. The molecule has 9 heteroatoms. The number of amides is 1. The largest absolute Gasteiger partial charge is 0.481 e. The van der Waals surface area contributed by atoms with Crippen LogP contribution in [0, 0.1) is 11.3 Å². The maximum Gasteiger partial charge on any atom is 0.304 e. The summed E-state index contributed by atoms with van der Waals surface area (Å²) < 4.78 is 26.5. The second-order valence-electron chi connectivity index (χ2n) is 9.65. The van der Waals surface area contributed by atoms with Gasteiger partial charge in [-0.25, -0.2) is 8.42 Å². The fraction of sp³-hybridized carbons (Fsp3) is 0.652. The number of rotatable bonds is 9. The summed E-state index contributed by atoms with van der Waals surface area (Å²) in [6, 6.07) is 6.69. The summed E-state index contributed by atoms with van der Waals surface area (Å²) in [4.78, 5) is 27.2. The number of halogens is 1. The van der Waals surface area contributed by atoms with Gasteiger partial charge in [-0.1, -0.05) is 44.5 Å². The number of aliphatic carboxylic acids is 1. The summed E-state index contributed by atoms with van der Waals surface area (Å²) in [5.74, 6) is -1.25. The minimum absolute atomic E-state index is 0.0140. The quantitative estimate of drug-likeness (QED) is 0.573. The van der Waals surface area contributed by atoms with Gasteiger partial charge < -0.3 is 10.0 Å². The van der Waals surface area contributed by atoms with E-state index in [0.717, 1.165) is 18.4 Å². The molecule has 0 unspecified atom stereocenters. The van der Waals surface area contributed by atoms with Gasteiger partial charge in [0.15, 0.2) is 0 Å². The van der Waals surface area contributed by atoms with E-state index in [9.17, 15) is 23.1 Å². The van der Waals surface area contributed by atoms with Crippen LogP contribution in [-0.2, 0) is 19.6 Å². The number of likely N-dealkylation sites (tertiary alicyclic amines) is 1. The molecule has 178 valence electrons. The summed E-state index contributed by atoms with van der Waals surface area (Å²) in [5.41, 5.74) is -0.125. The number of hydrogen-bond acceptors (Lipinski definition) is 4. The van der Waals surface area contributed by atoms with Gasteiger partial charge in [0.2, 0.25) is 15.9 Å². The van der Waals surface area contributed by atoms with E-state index in [4.69, 9.17) is 11.6 Å². The topological polar surface area (TPSA) is 95.0 Å². The molecule has 1 saturated heterocycles. The van der Waals surface area contributed by atoms with Crippen molar-refractivity contribution < 1.29 is 23.1 Å². The molecular weight excluding hydrogens is 452 g/mol. The summed E-state index contributed by atoms with van der Waals surface area (Å²) in [6.45, 7) is 5.90. The molecule has 1 saturated carbocycles. The molecule has 1 N–H and O–H groups in total. The van der Waals surface area contributed by atoms with Crippen molar-refractivity contribution in [1.29, 1.82) is 0 Å². The van der Waals surface area contributed by atoms with Gasteiger partial charge in [-0.3, -0.25) is 9.59 Å². The SMILES string of the molecule is CC[C@@H](CN(C1CC1)S(C)(=O)=O)N1C(=O)[C@@](C)(CC(=O)O)C[C@H](C)[C@H]1c1ccc(Cl)cc1. The average Bonchev–Trinajstić information content (AvgIpc) is 3.50. The third-order valence-electron chi connectivity index (χ3n) is 6.75. The molecule has 2 fully saturated rings. The standard InChI is InChI=1S/C23H33ClN2O5S/c1-5-18(14-25(19-10-11-19)32(4,30)31)26-21(16-6-8-17(24)9-7-16)15(2)12-23(3,22(26)29)13-20(27)28/h6-9,15,18-19,21H,5,10-14H2,1-4H3,(H,27,28)/t15-,18-,21-,23+/m0/s1. The zero-order chi connectivity index (χ0) is 23.8. The monoisotopic (exact) mass is 484 g/mol. The van der Waals surface area contributed by atoms with E-state index in [1.54, 1.807) is 24.0 Å². The third-order valence-corrected chi connectivity index (χ3v) is 8.30. The summed E-state index contributed by atoms with van der Waals surface area (Å²) in [5, 5.41) is 10.1. The van der Waals surface area contributed by atoms with Crippen LogP contribution in [0.15, 0.2) is 24.3 Å². The molecule has 0 radical (unpaired) electrons. The van der Waals surface area contributed by atoms with E-state index in [1.165, 1.54) is 10.6 Å². The normalized spacial score (nSPS) is 27.6. The van der Waals surface area contributed by atoms with Crippen molar-refractivity contribution in [3.63, 3.8) is 0 Å². The van der Waals surface area contributed by atoms with Crippen molar-refractivity contribution in [2.45, 2.75) is 71.0 Å². The highest BCUT2D eigenvalue weighted by Crippen LogP contribution is 2.48. The van der Waals surface area contributed by atoms with E-state index < -0.39 is 21.4 Å². The lowest BCUT2D eigenvalue weighted by atomic mass is 9.69. The molecule has 4 atom stereocenters. The van der Waals surface area contributed by atoms with E-state index in [-0.39, 0.29) is 42.9 Å². The van der Waals surface area contributed by atoms with Crippen molar-refractivity contribution in [3.05, 3.63) is 34.9 Å². The summed E-state index contributed by atoms with van der Waals surface area (Å²) in [6.07, 6.45) is 3.61. The molecular formula is C23H33ClN2O5S. The third kappa shape index (κ3) is 5.29. The van der Waals surface area contributed by atoms with Gasteiger partial charge in [0.25, 0.3) is 0 Å². The smallest absolute Gasteiger partial charge is 0.304 e. The van der Waals surface area contributed by atoms with Crippen LogP contribution in [0.1, 0.15) is 64.5 Å². The molecule has 1 aromatic carbocycles. The second-order valence-corrected chi connectivity index (χ2v) is 12.0. The number of benzene rings is 1. The van der Waals surface area contributed by atoms with Crippen molar-refractivity contribution in [1.82, 2.24) is 9.21 Å². The van der Waals surface area contributed by atoms with Gasteiger partial charge in [0, 0.05) is 23.7 Å². The van der Waals surface area contributed by atoms with Gasteiger partial charge in [-0.2, -0.15) is 4.31 Å². The van der Waals surface area contributed by atoms with Gasteiger partial charge in [0.05, 0.1) is 24.1 Å². The van der Waals surface area contributed by atoms with Gasteiger partial charge in [-0.05, 0) is 49.3 Å². The Morgan fingerprint density at radius 2 is 1.91 bits per heavy atom. The lowest BCUT2D eigenvalue weighted by Gasteiger charge is -2.51. The van der Waals surface area contributed by atoms with Crippen LogP contribution in [0.25, 0.3) is 0 Å². The predicted molar refractivity (Wildman–Crippen MR) is 124 cm³/mol. The average molecular weight is 485 g/mol. The van der Waals surface area contributed by atoms with Crippen molar-refractivity contribution in [2.75, 3.05) is 12.8 Å². The Bertz CT molecular complexity index is 963. The van der Waals surface area contributed by atoms with Crippen LogP contribution in [0.2, 0.25) is 5.02 Å². The van der Waals surface area contributed by atoms with Crippen LogP contribution >= 0.6 is 11.6 Å². The molecule has 3 rings (SSSR count). The fourth-order valence-electron chi connectivity index (χ4n) is 5.18. The van der Waals surface area contributed by atoms with E-state index in [0.29, 0.717) is 17.9 Å². The van der Waals surface area contributed by atoms with Gasteiger partial charge in [-0.15, -0.1) is 0 Å². The maximum atomic E-state index is 13.9. The number of carboxylic acid groups (broad SMARTS) is 1. The molecule has 1 aliphatic carbocycles.